The first-order chi connectivity index (χ1) is 10.9. The number of aryl methyl sites for hydroxylation is 1. The van der Waals surface area contributed by atoms with Crippen molar-refractivity contribution in [2.24, 2.45) is 5.92 Å². The minimum absolute atomic E-state index is 0.144. The van der Waals surface area contributed by atoms with Crippen LogP contribution in [-0.2, 0) is 16.1 Å². The zero-order chi connectivity index (χ0) is 17.0. The third kappa shape index (κ3) is 4.15. The molecule has 4 heteroatoms. The number of nitrogens with zero attached hydrogens (tertiary/aromatic N) is 2. The molecule has 2 aromatic rings. The third-order valence-corrected chi connectivity index (χ3v) is 3.65. The summed E-state index contributed by atoms with van der Waals surface area (Å²) in [6, 6.07) is 9.84. The van der Waals surface area contributed by atoms with Gasteiger partial charge in [-0.1, -0.05) is 58.0 Å². The summed E-state index contributed by atoms with van der Waals surface area (Å²) >= 11 is 0. The standard InChI is InChI=1S/C19H24N2O2/c1-12(2)17-14(5)20-18(15-9-7-6-8-10-15)21-16(17)11-23-19(22)13(3)4/h6-10,12-13H,11H2,1-5H3. The fourth-order valence-corrected chi connectivity index (χ4v) is 2.52. The molecule has 0 aliphatic heterocycles. The molecule has 1 aromatic heterocycles. The van der Waals surface area contributed by atoms with E-state index in [0.29, 0.717) is 5.82 Å². The van der Waals surface area contributed by atoms with Gasteiger partial charge in [-0.2, -0.15) is 0 Å². The van der Waals surface area contributed by atoms with Crippen molar-refractivity contribution in [1.82, 2.24) is 9.97 Å². The van der Waals surface area contributed by atoms with Gasteiger partial charge >= 0.3 is 5.97 Å². The van der Waals surface area contributed by atoms with Crippen molar-refractivity contribution >= 4 is 5.97 Å². The molecule has 0 saturated carbocycles. The van der Waals surface area contributed by atoms with Crippen LogP contribution in [0, 0.1) is 12.8 Å². The maximum absolute atomic E-state index is 11.8. The second kappa shape index (κ2) is 7.36. The molecule has 0 N–H and O–H groups in total. The number of carbonyl (C=O) groups excluding carboxylic acids is 1. The van der Waals surface area contributed by atoms with Crippen molar-refractivity contribution < 1.29 is 9.53 Å². The molecule has 2 rings (SSSR count). The Labute approximate surface area is 137 Å². The average Bonchev–Trinajstić information content (AvgIpc) is 2.52. The molecule has 23 heavy (non-hydrogen) atoms. The van der Waals surface area contributed by atoms with Crippen LogP contribution in [0.1, 0.15) is 50.6 Å². The van der Waals surface area contributed by atoms with Gasteiger partial charge in [0, 0.05) is 16.8 Å². The molecular formula is C19H24N2O2. The Kier molecular flexibility index (Phi) is 5.48. The van der Waals surface area contributed by atoms with Gasteiger partial charge in [0.05, 0.1) is 11.6 Å². The topological polar surface area (TPSA) is 52.1 Å². The number of hydrogen-bond donors (Lipinski definition) is 0. The maximum atomic E-state index is 11.8. The zero-order valence-corrected chi connectivity index (χ0v) is 14.5. The highest BCUT2D eigenvalue weighted by molar-refractivity contribution is 5.71. The van der Waals surface area contributed by atoms with Crippen LogP contribution in [0.15, 0.2) is 30.3 Å². The van der Waals surface area contributed by atoms with Crippen LogP contribution in [-0.4, -0.2) is 15.9 Å². The molecule has 0 atom stereocenters. The quantitative estimate of drug-likeness (QED) is 0.773. The van der Waals surface area contributed by atoms with Gasteiger partial charge in [-0.3, -0.25) is 4.79 Å². The van der Waals surface area contributed by atoms with Crippen molar-refractivity contribution in [3.8, 4) is 11.4 Å². The molecule has 0 amide bonds. The van der Waals surface area contributed by atoms with Gasteiger partial charge in [0.1, 0.15) is 6.61 Å². The lowest BCUT2D eigenvalue weighted by Gasteiger charge is -2.17. The highest BCUT2D eigenvalue weighted by Crippen LogP contribution is 2.25. The number of ether oxygens (including phenoxy) is 1. The summed E-state index contributed by atoms with van der Waals surface area (Å²) in [6.07, 6.45) is 0. The lowest BCUT2D eigenvalue weighted by molar-refractivity contribution is -0.148. The van der Waals surface area contributed by atoms with Crippen LogP contribution in [0.25, 0.3) is 11.4 Å². The van der Waals surface area contributed by atoms with E-state index in [1.165, 1.54) is 0 Å². The maximum Gasteiger partial charge on any atom is 0.308 e. The number of benzene rings is 1. The van der Waals surface area contributed by atoms with Crippen LogP contribution >= 0.6 is 0 Å². The Balaban J connectivity index is 2.40. The van der Waals surface area contributed by atoms with Gasteiger partial charge in [0.25, 0.3) is 0 Å². The number of esters is 1. The second-order valence-electron chi connectivity index (χ2n) is 6.28. The molecule has 0 saturated heterocycles. The predicted octanol–water partition coefficient (Wildman–Crippen LogP) is 4.27. The number of rotatable bonds is 5. The van der Waals surface area contributed by atoms with E-state index in [-0.39, 0.29) is 24.4 Å². The van der Waals surface area contributed by atoms with E-state index < -0.39 is 0 Å². The Bertz CT molecular complexity index is 679. The molecule has 0 aliphatic carbocycles. The van der Waals surface area contributed by atoms with Crippen LogP contribution in [0.2, 0.25) is 0 Å². The summed E-state index contributed by atoms with van der Waals surface area (Å²) in [5.74, 6) is 0.585. The third-order valence-electron chi connectivity index (χ3n) is 3.65. The molecule has 0 unspecified atom stereocenters. The molecule has 0 aliphatic rings. The van der Waals surface area contributed by atoms with Gasteiger partial charge in [0.15, 0.2) is 5.82 Å². The van der Waals surface area contributed by atoms with Gasteiger partial charge in [-0.25, -0.2) is 9.97 Å². The van der Waals surface area contributed by atoms with E-state index in [1.807, 2.05) is 51.1 Å². The van der Waals surface area contributed by atoms with Crippen LogP contribution in [0.4, 0.5) is 0 Å². The van der Waals surface area contributed by atoms with E-state index in [1.54, 1.807) is 0 Å². The first kappa shape index (κ1) is 17.1. The normalized spacial score (nSPS) is 11.1. The zero-order valence-electron chi connectivity index (χ0n) is 14.5. The molecular weight excluding hydrogens is 288 g/mol. The fraction of sp³-hybridized carbons (Fsp3) is 0.421. The van der Waals surface area contributed by atoms with E-state index >= 15 is 0 Å². The number of carbonyl (C=O) groups is 1. The molecule has 122 valence electrons. The van der Waals surface area contributed by atoms with E-state index in [2.05, 4.69) is 23.8 Å². The van der Waals surface area contributed by atoms with Gasteiger partial charge in [0.2, 0.25) is 0 Å². The van der Waals surface area contributed by atoms with Gasteiger partial charge < -0.3 is 4.74 Å². The first-order valence-electron chi connectivity index (χ1n) is 7.99. The summed E-state index contributed by atoms with van der Waals surface area (Å²) in [5, 5.41) is 0. The van der Waals surface area contributed by atoms with Gasteiger partial charge in [-0.05, 0) is 12.8 Å². The first-order valence-corrected chi connectivity index (χ1v) is 7.99. The highest BCUT2D eigenvalue weighted by atomic mass is 16.5. The summed E-state index contributed by atoms with van der Waals surface area (Å²) in [5.41, 5.74) is 3.74. The Hall–Kier alpha value is -2.23. The molecule has 0 spiro atoms. The van der Waals surface area contributed by atoms with Crippen LogP contribution < -0.4 is 0 Å². The van der Waals surface area contributed by atoms with Crippen molar-refractivity contribution in [2.75, 3.05) is 0 Å². The average molecular weight is 312 g/mol. The summed E-state index contributed by atoms with van der Waals surface area (Å²) < 4.78 is 5.40. The lowest BCUT2D eigenvalue weighted by Crippen LogP contribution is -2.15. The smallest absolute Gasteiger partial charge is 0.308 e. The molecule has 0 bridgehead atoms. The predicted molar refractivity (Wildman–Crippen MR) is 90.9 cm³/mol. The summed E-state index contributed by atoms with van der Waals surface area (Å²) in [6.45, 7) is 10.0. The minimum atomic E-state index is -0.211. The van der Waals surface area contributed by atoms with Crippen molar-refractivity contribution in [2.45, 2.75) is 47.1 Å². The second-order valence-corrected chi connectivity index (χ2v) is 6.28. The lowest BCUT2D eigenvalue weighted by atomic mass is 9.99. The number of aromatic nitrogens is 2. The Morgan fingerprint density at radius 3 is 2.30 bits per heavy atom. The molecule has 1 aromatic carbocycles. The van der Waals surface area contributed by atoms with E-state index in [4.69, 9.17) is 4.74 Å². The molecule has 0 fully saturated rings. The van der Waals surface area contributed by atoms with Crippen molar-refractivity contribution in [3.05, 3.63) is 47.3 Å². The van der Waals surface area contributed by atoms with Crippen molar-refractivity contribution in [1.29, 1.82) is 0 Å². The SMILES string of the molecule is Cc1nc(-c2ccccc2)nc(COC(=O)C(C)C)c1C(C)C. The molecule has 4 nitrogen and oxygen atoms in total. The van der Waals surface area contributed by atoms with E-state index in [9.17, 15) is 4.79 Å². The minimum Gasteiger partial charge on any atom is -0.459 e. The highest BCUT2D eigenvalue weighted by Gasteiger charge is 2.17. The van der Waals surface area contributed by atoms with Crippen molar-refractivity contribution in [3.63, 3.8) is 0 Å². The summed E-state index contributed by atoms with van der Waals surface area (Å²) in [4.78, 5) is 21.1. The Morgan fingerprint density at radius 2 is 1.74 bits per heavy atom. The molecule has 0 radical (unpaired) electrons. The monoisotopic (exact) mass is 312 g/mol. The summed E-state index contributed by atoms with van der Waals surface area (Å²) in [7, 11) is 0. The number of hydrogen-bond acceptors (Lipinski definition) is 4. The van der Waals surface area contributed by atoms with Gasteiger partial charge in [-0.15, -0.1) is 0 Å². The van der Waals surface area contributed by atoms with E-state index in [0.717, 1.165) is 22.5 Å². The van der Waals surface area contributed by atoms with Crippen LogP contribution in [0.5, 0.6) is 0 Å². The fourth-order valence-electron chi connectivity index (χ4n) is 2.52. The van der Waals surface area contributed by atoms with Crippen LogP contribution in [0.3, 0.4) is 0 Å². The molecule has 1 heterocycles. The largest absolute Gasteiger partial charge is 0.459 e. The Morgan fingerprint density at radius 1 is 1.09 bits per heavy atom.